The first-order valence-electron chi connectivity index (χ1n) is 7.73. The summed E-state index contributed by atoms with van der Waals surface area (Å²) in [5.74, 6) is 0. The second-order valence-corrected chi connectivity index (χ2v) is 5.97. The first-order chi connectivity index (χ1) is 10.2. The minimum Gasteiger partial charge on any atom is -0.393 e. The van der Waals surface area contributed by atoms with Crippen LogP contribution >= 0.6 is 0 Å². The fourth-order valence-electron chi connectivity index (χ4n) is 3.17. The van der Waals surface area contributed by atoms with Crippen LogP contribution in [0.3, 0.4) is 0 Å². The Kier molecular flexibility index (Phi) is 4.36. The van der Waals surface area contributed by atoms with Gasteiger partial charge >= 0.3 is 0 Å². The van der Waals surface area contributed by atoms with Crippen molar-refractivity contribution in [3.05, 3.63) is 48.3 Å². The Morgan fingerprint density at radius 1 is 1.33 bits per heavy atom. The minimum atomic E-state index is -0.210. The molecular weight excluding hydrogens is 262 g/mol. The highest BCUT2D eigenvalue weighted by molar-refractivity contribution is 5.33. The molecular formula is C17H23N3O. The molecule has 1 saturated heterocycles. The number of benzene rings is 1. The highest BCUT2D eigenvalue weighted by Crippen LogP contribution is 2.23. The Balaban J connectivity index is 1.65. The minimum absolute atomic E-state index is 0.210. The number of hydrogen-bond acceptors (Lipinski definition) is 3. The molecule has 1 aliphatic rings. The maximum atomic E-state index is 9.60. The standard InChI is InChI=1S/C17H23N3O/c1-14(21)12-17-4-2-10-19(17)13-15-5-7-16(8-6-15)20-11-3-9-18-20/h3,5-9,11,14,17,21H,2,4,10,12-13H2,1H3. The lowest BCUT2D eigenvalue weighted by Crippen LogP contribution is -2.31. The lowest BCUT2D eigenvalue weighted by molar-refractivity contribution is 0.131. The van der Waals surface area contributed by atoms with Gasteiger partial charge in [0.15, 0.2) is 0 Å². The molecule has 2 aromatic rings. The van der Waals surface area contributed by atoms with Crippen molar-refractivity contribution < 1.29 is 5.11 Å². The van der Waals surface area contributed by atoms with Crippen LogP contribution in [0.1, 0.15) is 31.7 Å². The number of aromatic nitrogens is 2. The zero-order chi connectivity index (χ0) is 14.7. The quantitative estimate of drug-likeness (QED) is 0.918. The SMILES string of the molecule is CC(O)CC1CCCN1Cc1ccc(-n2cccn2)cc1. The summed E-state index contributed by atoms with van der Waals surface area (Å²) >= 11 is 0. The summed E-state index contributed by atoms with van der Waals surface area (Å²) in [5.41, 5.74) is 2.41. The van der Waals surface area contributed by atoms with Crippen LogP contribution in [0.25, 0.3) is 5.69 Å². The number of aliphatic hydroxyl groups excluding tert-OH is 1. The van der Waals surface area contributed by atoms with Crippen LogP contribution in [0.5, 0.6) is 0 Å². The van der Waals surface area contributed by atoms with E-state index in [-0.39, 0.29) is 6.10 Å². The molecule has 3 rings (SSSR count). The van der Waals surface area contributed by atoms with Crippen molar-refractivity contribution in [1.82, 2.24) is 14.7 Å². The van der Waals surface area contributed by atoms with Crippen molar-refractivity contribution in [3.8, 4) is 5.69 Å². The molecule has 0 saturated carbocycles. The Morgan fingerprint density at radius 2 is 2.14 bits per heavy atom. The number of likely N-dealkylation sites (tertiary alicyclic amines) is 1. The second-order valence-electron chi connectivity index (χ2n) is 5.97. The van der Waals surface area contributed by atoms with Crippen molar-refractivity contribution in [2.75, 3.05) is 6.54 Å². The van der Waals surface area contributed by atoms with Gasteiger partial charge in [-0.25, -0.2) is 4.68 Å². The lowest BCUT2D eigenvalue weighted by Gasteiger charge is -2.25. The van der Waals surface area contributed by atoms with Crippen LogP contribution in [0.15, 0.2) is 42.7 Å². The summed E-state index contributed by atoms with van der Waals surface area (Å²) in [4.78, 5) is 2.50. The summed E-state index contributed by atoms with van der Waals surface area (Å²) in [6, 6.07) is 11.0. The average molecular weight is 285 g/mol. The van der Waals surface area contributed by atoms with E-state index in [2.05, 4.69) is 34.3 Å². The molecule has 0 aliphatic carbocycles. The van der Waals surface area contributed by atoms with E-state index in [1.54, 1.807) is 6.20 Å². The number of rotatable bonds is 5. The van der Waals surface area contributed by atoms with E-state index in [1.165, 1.54) is 18.4 Å². The molecule has 4 heteroatoms. The molecule has 2 unspecified atom stereocenters. The van der Waals surface area contributed by atoms with Crippen LogP contribution in [-0.4, -0.2) is 38.5 Å². The molecule has 1 aliphatic heterocycles. The van der Waals surface area contributed by atoms with Gasteiger partial charge in [-0.15, -0.1) is 0 Å². The predicted octanol–water partition coefficient (Wildman–Crippen LogP) is 2.61. The molecule has 112 valence electrons. The Morgan fingerprint density at radius 3 is 2.81 bits per heavy atom. The maximum Gasteiger partial charge on any atom is 0.0645 e. The summed E-state index contributed by atoms with van der Waals surface area (Å²) in [5, 5.41) is 13.8. The average Bonchev–Trinajstić information content (AvgIpc) is 3.12. The van der Waals surface area contributed by atoms with Crippen molar-refractivity contribution in [3.63, 3.8) is 0 Å². The van der Waals surface area contributed by atoms with Gasteiger partial charge in [-0.2, -0.15) is 5.10 Å². The monoisotopic (exact) mass is 285 g/mol. The fraction of sp³-hybridized carbons (Fsp3) is 0.471. The van der Waals surface area contributed by atoms with E-state index in [4.69, 9.17) is 0 Å². The molecule has 0 spiro atoms. The van der Waals surface area contributed by atoms with Gasteiger partial charge in [0, 0.05) is 25.0 Å². The largest absolute Gasteiger partial charge is 0.393 e. The summed E-state index contributed by atoms with van der Waals surface area (Å²) < 4.78 is 1.87. The molecule has 0 radical (unpaired) electrons. The molecule has 1 N–H and O–H groups in total. The second kappa shape index (κ2) is 6.41. The predicted molar refractivity (Wildman–Crippen MR) is 83.3 cm³/mol. The smallest absolute Gasteiger partial charge is 0.0645 e. The highest BCUT2D eigenvalue weighted by Gasteiger charge is 2.25. The third kappa shape index (κ3) is 3.52. The summed E-state index contributed by atoms with van der Waals surface area (Å²) in [6.45, 7) is 3.99. The molecule has 2 atom stereocenters. The van der Waals surface area contributed by atoms with Crippen molar-refractivity contribution >= 4 is 0 Å². The van der Waals surface area contributed by atoms with E-state index in [0.717, 1.165) is 25.2 Å². The van der Waals surface area contributed by atoms with Crippen molar-refractivity contribution in [2.24, 2.45) is 0 Å². The van der Waals surface area contributed by atoms with E-state index in [1.807, 2.05) is 23.9 Å². The van der Waals surface area contributed by atoms with Gasteiger partial charge in [0.1, 0.15) is 0 Å². The van der Waals surface area contributed by atoms with E-state index >= 15 is 0 Å². The maximum absolute atomic E-state index is 9.60. The number of nitrogens with zero attached hydrogens (tertiary/aromatic N) is 3. The molecule has 4 nitrogen and oxygen atoms in total. The molecule has 2 heterocycles. The van der Waals surface area contributed by atoms with Gasteiger partial charge in [0.25, 0.3) is 0 Å². The molecule has 21 heavy (non-hydrogen) atoms. The van der Waals surface area contributed by atoms with Gasteiger partial charge in [-0.05, 0) is 56.5 Å². The van der Waals surface area contributed by atoms with Gasteiger partial charge in [-0.3, -0.25) is 4.90 Å². The normalized spacial score (nSPS) is 20.8. The van der Waals surface area contributed by atoms with Crippen LogP contribution in [-0.2, 0) is 6.54 Å². The fourth-order valence-corrected chi connectivity index (χ4v) is 3.17. The number of aliphatic hydroxyl groups is 1. The highest BCUT2D eigenvalue weighted by atomic mass is 16.3. The first kappa shape index (κ1) is 14.3. The van der Waals surface area contributed by atoms with Gasteiger partial charge in [0.05, 0.1) is 11.8 Å². The van der Waals surface area contributed by atoms with Crippen LogP contribution in [0, 0.1) is 0 Å². The Bertz CT molecular complexity index is 548. The molecule has 0 bridgehead atoms. The van der Waals surface area contributed by atoms with Crippen LogP contribution in [0.4, 0.5) is 0 Å². The molecule has 1 aromatic heterocycles. The molecule has 1 aromatic carbocycles. The van der Waals surface area contributed by atoms with Crippen molar-refractivity contribution in [1.29, 1.82) is 0 Å². The zero-order valence-corrected chi connectivity index (χ0v) is 12.5. The van der Waals surface area contributed by atoms with Gasteiger partial charge in [-0.1, -0.05) is 12.1 Å². The summed E-state index contributed by atoms with van der Waals surface area (Å²) in [6.07, 6.45) is 6.86. The zero-order valence-electron chi connectivity index (χ0n) is 12.5. The van der Waals surface area contributed by atoms with Crippen molar-refractivity contribution in [2.45, 2.75) is 44.9 Å². The Hall–Kier alpha value is -1.65. The third-order valence-corrected chi connectivity index (χ3v) is 4.20. The van der Waals surface area contributed by atoms with Crippen LogP contribution in [0.2, 0.25) is 0 Å². The lowest BCUT2D eigenvalue weighted by atomic mass is 10.1. The Labute approximate surface area is 126 Å². The molecule has 0 amide bonds. The topological polar surface area (TPSA) is 41.3 Å². The van der Waals surface area contributed by atoms with Gasteiger partial charge in [0.2, 0.25) is 0 Å². The third-order valence-electron chi connectivity index (χ3n) is 4.20. The van der Waals surface area contributed by atoms with E-state index in [0.29, 0.717) is 6.04 Å². The summed E-state index contributed by atoms with van der Waals surface area (Å²) in [7, 11) is 0. The van der Waals surface area contributed by atoms with Crippen LogP contribution < -0.4 is 0 Å². The van der Waals surface area contributed by atoms with E-state index in [9.17, 15) is 5.11 Å². The van der Waals surface area contributed by atoms with E-state index < -0.39 is 0 Å². The first-order valence-corrected chi connectivity index (χ1v) is 7.73. The number of hydrogen-bond donors (Lipinski definition) is 1. The molecule has 1 fully saturated rings. The van der Waals surface area contributed by atoms with Gasteiger partial charge < -0.3 is 5.11 Å².